The number of anilines is 2. The van der Waals surface area contributed by atoms with Crippen LogP contribution in [0.15, 0.2) is 36.4 Å². The van der Waals surface area contributed by atoms with Gasteiger partial charge in [0.1, 0.15) is 12.4 Å². The molecule has 0 amide bonds. The fraction of sp³-hybridized carbons (Fsp3) is 0.517. The van der Waals surface area contributed by atoms with Gasteiger partial charge in [-0.3, -0.25) is 0 Å². The SMILES string of the molecule is Cc1cccc2cccc(N3CCc4c(nc(OC[C@@H]5CCCN5C)nc4N4CCC(B(O)O)CC4)C3)c12. The smallest absolute Gasteiger partial charge is 0.454 e. The van der Waals surface area contributed by atoms with Gasteiger partial charge in [-0.2, -0.15) is 9.97 Å². The standard InChI is InChI=1S/C29H38BN5O3/c1-20-6-3-7-21-8-4-10-26(27(20)21)35-17-13-24-25(18-35)31-29(38-19-23-9-5-14-33(23)2)32-28(24)34-15-11-22(12-16-34)30(36)37/h3-4,6-8,10,22-23,36-37H,5,9,11-19H2,1-2H3/t23-/m0/s1. The van der Waals surface area contributed by atoms with Crippen molar-refractivity contribution in [3.63, 3.8) is 0 Å². The zero-order valence-corrected chi connectivity index (χ0v) is 22.5. The van der Waals surface area contributed by atoms with Crippen LogP contribution in [-0.4, -0.2) is 77.9 Å². The van der Waals surface area contributed by atoms with E-state index in [2.05, 4.69) is 65.1 Å². The molecular formula is C29H38BN5O3. The molecule has 4 heterocycles. The Balaban J connectivity index is 1.31. The van der Waals surface area contributed by atoms with Crippen LogP contribution in [0.4, 0.5) is 11.5 Å². The van der Waals surface area contributed by atoms with E-state index in [-0.39, 0.29) is 5.82 Å². The normalized spacial score (nSPS) is 20.7. The van der Waals surface area contributed by atoms with E-state index in [1.807, 2.05) is 0 Å². The number of aryl methyl sites for hydroxylation is 1. The molecular weight excluding hydrogens is 477 g/mol. The van der Waals surface area contributed by atoms with Crippen molar-refractivity contribution in [2.24, 2.45) is 0 Å². The summed E-state index contributed by atoms with van der Waals surface area (Å²) in [7, 11) is 0.903. The van der Waals surface area contributed by atoms with Gasteiger partial charge in [-0.1, -0.05) is 30.3 Å². The predicted molar refractivity (Wildman–Crippen MR) is 152 cm³/mol. The summed E-state index contributed by atoms with van der Waals surface area (Å²) in [5.74, 6) is 0.882. The molecule has 1 aromatic heterocycles. The van der Waals surface area contributed by atoms with E-state index in [0.717, 1.165) is 63.4 Å². The highest BCUT2D eigenvalue weighted by Gasteiger charge is 2.32. The first kappa shape index (κ1) is 25.4. The third-order valence-corrected chi connectivity index (χ3v) is 8.79. The topological polar surface area (TPSA) is 85.2 Å². The van der Waals surface area contributed by atoms with Gasteiger partial charge in [-0.05, 0) is 75.5 Å². The van der Waals surface area contributed by atoms with Crippen LogP contribution < -0.4 is 14.5 Å². The van der Waals surface area contributed by atoms with Crippen LogP contribution in [0.5, 0.6) is 6.01 Å². The molecule has 2 N–H and O–H groups in total. The van der Waals surface area contributed by atoms with E-state index in [9.17, 15) is 10.0 Å². The molecule has 200 valence electrons. The number of benzene rings is 2. The van der Waals surface area contributed by atoms with Crippen LogP contribution in [0.3, 0.4) is 0 Å². The fourth-order valence-corrected chi connectivity index (χ4v) is 6.46. The lowest BCUT2D eigenvalue weighted by Gasteiger charge is -2.37. The average molecular weight is 515 g/mol. The van der Waals surface area contributed by atoms with Crippen molar-refractivity contribution in [3.05, 3.63) is 53.2 Å². The average Bonchev–Trinajstić information content (AvgIpc) is 3.35. The lowest BCUT2D eigenvalue weighted by atomic mass is 9.67. The van der Waals surface area contributed by atoms with Crippen LogP contribution in [-0.2, 0) is 13.0 Å². The highest BCUT2D eigenvalue weighted by atomic mass is 16.5. The molecule has 3 aromatic rings. The van der Waals surface area contributed by atoms with Gasteiger partial charge in [0.25, 0.3) is 0 Å². The van der Waals surface area contributed by atoms with Crippen molar-refractivity contribution < 1.29 is 14.8 Å². The second-order valence-electron chi connectivity index (χ2n) is 11.2. The molecule has 2 saturated heterocycles. The molecule has 6 rings (SSSR count). The van der Waals surface area contributed by atoms with Gasteiger partial charge >= 0.3 is 13.1 Å². The molecule has 0 saturated carbocycles. The molecule has 2 aromatic carbocycles. The summed E-state index contributed by atoms with van der Waals surface area (Å²) in [4.78, 5) is 17.0. The molecule has 8 nitrogen and oxygen atoms in total. The maximum atomic E-state index is 9.68. The highest BCUT2D eigenvalue weighted by Crippen LogP contribution is 2.37. The summed E-state index contributed by atoms with van der Waals surface area (Å²) in [5, 5.41) is 21.9. The van der Waals surface area contributed by atoms with E-state index in [0.29, 0.717) is 25.2 Å². The number of piperidine rings is 1. The molecule has 0 spiro atoms. The van der Waals surface area contributed by atoms with Gasteiger partial charge in [-0.25, -0.2) is 0 Å². The molecule has 0 radical (unpaired) electrons. The second-order valence-corrected chi connectivity index (χ2v) is 11.2. The van der Waals surface area contributed by atoms with Crippen LogP contribution in [0.2, 0.25) is 5.82 Å². The monoisotopic (exact) mass is 515 g/mol. The lowest BCUT2D eigenvalue weighted by Crippen LogP contribution is -2.39. The second kappa shape index (κ2) is 10.7. The number of aromatic nitrogens is 2. The number of rotatable bonds is 6. The summed E-state index contributed by atoms with van der Waals surface area (Å²) in [5.41, 5.74) is 4.77. The van der Waals surface area contributed by atoms with Gasteiger partial charge in [0.2, 0.25) is 0 Å². The fourth-order valence-electron chi connectivity index (χ4n) is 6.46. The number of fused-ring (bicyclic) bond motifs is 2. The molecule has 1 atom stereocenters. The molecule has 2 fully saturated rings. The molecule has 3 aliphatic rings. The summed E-state index contributed by atoms with van der Waals surface area (Å²) in [6.07, 6.45) is 4.67. The van der Waals surface area contributed by atoms with E-state index in [1.54, 1.807) is 0 Å². The quantitative estimate of drug-likeness (QED) is 0.484. The van der Waals surface area contributed by atoms with Gasteiger partial charge in [0.15, 0.2) is 0 Å². The Hall–Kier alpha value is -2.88. The van der Waals surface area contributed by atoms with Crippen LogP contribution in [0, 0.1) is 6.92 Å². The minimum absolute atomic E-state index is 0.0809. The van der Waals surface area contributed by atoms with Crippen molar-refractivity contribution in [2.75, 3.05) is 49.6 Å². The third-order valence-electron chi connectivity index (χ3n) is 8.79. The number of hydrogen-bond acceptors (Lipinski definition) is 8. The summed E-state index contributed by atoms with van der Waals surface area (Å²) in [6.45, 7) is 7.00. The number of likely N-dealkylation sites (N-methyl/N-ethyl adjacent to an activating group) is 1. The van der Waals surface area contributed by atoms with Gasteiger partial charge in [0, 0.05) is 42.3 Å². The van der Waals surface area contributed by atoms with Crippen molar-refractivity contribution in [1.82, 2.24) is 14.9 Å². The maximum absolute atomic E-state index is 9.68. The van der Waals surface area contributed by atoms with Crippen LogP contribution in [0.1, 0.15) is 42.5 Å². The van der Waals surface area contributed by atoms with E-state index < -0.39 is 7.12 Å². The first-order valence-electron chi connectivity index (χ1n) is 14.0. The molecule has 9 heteroatoms. The number of hydrogen-bond donors (Lipinski definition) is 2. The zero-order valence-electron chi connectivity index (χ0n) is 22.5. The van der Waals surface area contributed by atoms with Crippen LogP contribution >= 0.6 is 0 Å². The number of nitrogens with zero attached hydrogens (tertiary/aromatic N) is 5. The predicted octanol–water partition coefficient (Wildman–Crippen LogP) is 3.42. The third kappa shape index (κ3) is 4.95. The first-order valence-corrected chi connectivity index (χ1v) is 14.0. The number of likely N-dealkylation sites (tertiary alicyclic amines) is 1. The van der Waals surface area contributed by atoms with Gasteiger partial charge < -0.3 is 29.5 Å². The van der Waals surface area contributed by atoms with E-state index >= 15 is 0 Å². The minimum Gasteiger partial charge on any atom is -0.462 e. The first-order chi connectivity index (χ1) is 18.5. The van der Waals surface area contributed by atoms with E-state index in [1.165, 1.54) is 34.0 Å². The molecule has 0 bridgehead atoms. The Kier molecular flexibility index (Phi) is 7.16. The van der Waals surface area contributed by atoms with Crippen molar-refractivity contribution in [1.29, 1.82) is 0 Å². The summed E-state index contributed by atoms with van der Waals surface area (Å²) < 4.78 is 6.26. The maximum Gasteiger partial charge on any atom is 0.454 e. The Labute approximate surface area is 225 Å². The van der Waals surface area contributed by atoms with Gasteiger partial charge in [0.05, 0.1) is 12.2 Å². The van der Waals surface area contributed by atoms with E-state index in [4.69, 9.17) is 14.7 Å². The Morgan fingerprint density at radius 1 is 0.974 bits per heavy atom. The Morgan fingerprint density at radius 2 is 1.76 bits per heavy atom. The van der Waals surface area contributed by atoms with Crippen molar-refractivity contribution in [2.45, 2.75) is 57.4 Å². The summed E-state index contributed by atoms with van der Waals surface area (Å²) >= 11 is 0. The Morgan fingerprint density at radius 3 is 2.50 bits per heavy atom. The Bertz CT molecular complexity index is 1290. The minimum atomic E-state index is -1.25. The molecule has 0 unspecified atom stereocenters. The van der Waals surface area contributed by atoms with Crippen LogP contribution in [0.25, 0.3) is 10.8 Å². The van der Waals surface area contributed by atoms with Crippen molar-refractivity contribution >= 4 is 29.4 Å². The van der Waals surface area contributed by atoms with Crippen molar-refractivity contribution in [3.8, 4) is 6.01 Å². The van der Waals surface area contributed by atoms with Gasteiger partial charge in [-0.15, -0.1) is 0 Å². The lowest BCUT2D eigenvalue weighted by molar-refractivity contribution is 0.187. The largest absolute Gasteiger partial charge is 0.462 e. The summed E-state index contributed by atoms with van der Waals surface area (Å²) in [6, 6.07) is 13.9. The number of ether oxygens (including phenoxy) is 1. The highest BCUT2D eigenvalue weighted by molar-refractivity contribution is 6.43. The molecule has 0 aliphatic carbocycles. The molecule has 38 heavy (non-hydrogen) atoms. The zero-order chi connectivity index (χ0) is 26.2. The molecule has 3 aliphatic heterocycles.